The Hall–Kier alpha value is -4.88. The molecule has 3 aromatic rings. The topological polar surface area (TPSA) is 3.24 Å². The number of benzene rings is 3. The zero-order valence-corrected chi connectivity index (χ0v) is 37.4. The molecule has 13 rings (SSSR count). The standard InChI is InChI=1S/C61H63N/c1-60(2)54-23-13-11-20-46(54)48-29-26-40(33-56(48)60)59-44-18-8-6-15-37(44)31-52-51-35-41(27-25-39(51)32-53(52)59)62(58-34-38-16-5-7-17-43(38)45-19-9-10-22-50(45)58)42-28-30-49-47-21-12-14-24-55(47)61(3,4)57(49)36-42/h5-13,15-22,28,30-31,33-34,40-42,45,47-48,50,54-55H,14,23-27,29,32,35-36H2,1-4H3. The van der Waals surface area contributed by atoms with Gasteiger partial charge in [-0.3, -0.25) is 0 Å². The van der Waals surface area contributed by atoms with Gasteiger partial charge in [-0.05, 0) is 149 Å². The summed E-state index contributed by atoms with van der Waals surface area (Å²) in [5.41, 5.74) is 20.0. The number of nitrogens with zero attached hydrogens (tertiary/aromatic N) is 1. The summed E-state index contributed by atoms with van der Waals surface area (Å²) in [7, 11) is 0. The first-order valence-electron chi connectivity index (χ1n) is 24.6. The molecule has 1 saturated carbocycles. The lowest BCUT2D eigenvalue weighted by atomic mass is 9.69. The molecular formula is C61H63N. The van der Waals surface area contributed by atoms with Crippen molar-refractivity contribution in [3.8, 4) is 0 Å². The maximum absolute atomic E-state index is 3.02. The van der Waals surface area contributed by atoms with Crippen molar-refractivity contribution < 1.29 is 0 Å². The smallest absolute Gasteiger partial charge is 0.0514 e. The lowest BCUT2D eigenvalue weighted by molar-refractivity contribution is 0.170. The summed E-state index contributed by atoms with van der Waals surface area (Å²) < 4.78 is 0. The van der Waals surface area contributed by atoms with Crippen molar-refractivity contribution in [2.45, 2.75) is 116 Å². The van der Waals surface area contributed by atoms with E-state index in [4.69, 9.17) is 0 Å². The summed E-state index contributed by atoms with van der Waals surface area (Å²) in [6.45, 7) is 10.3. The highest BCUT2D eigenvalue weighted by Crippen LogP contribution is 2.62. The summed E-state index contributed by atoms with van der Waals surface area (Å²) in [6.07, 6.45) is 44.7. The van der Waals surface area contributed by atoms with E-state index in [0.29, 0.717) is 47.6 Å². The van der Waals surface area contributed by atoms with Crippen LogP contribution in [0.25, 0.3) is 22.4 Å². The molecular weight excluding hydrogens is 747 g/mol. The molecule has 10 aliphatic rings. The van der Waals surface area contributed by atoms with Crippen molar-refractivity contribution >= 4 is 22.4 Å². The van der Waals surface area contributed by atoms with Crippen LogP contribution in [-0.2, 0) is 6.42 Å². The summed E-state index contributed by atoms with van der Waals surface area (Å²) in [5, 5.41) is 2.93. The Morgan fingerprint density at radius 1 is 0.758 bits per heavy atom. The minimum absolute atomic E-state index is 0.214. The molecule has 0 radical (unpaired) electrons. The van der Waals surface area contributed by atoms with Crippen LogP contribution in [0.3, 0.4) is 0 Å². The van der Waals surface area contributed by atoms with E-state index in [1.54, 1.807) is 55.8 Å². The van der Waals surface area contributed by atoms with Crippen molar-refractivity contribution in [3.63, 3.8) is 0 Å². The average molecular weight is 810 g/mol. The van der Waals surface area contributed by atoms with Gasteiger partial charge < -0.3 is 4.90 Å². The van der Waals surface area contributed by atoms with Gasteiger partial charge in [0.2, 0.25) is 0 Å². The lowest BCUT2D eigenvalue weighted by Gasteiger charge is -2.48. The average Bonchev–Trinajstić information content (AvgIpc) is 3.87. The van der Waals surface area contributed by atoms with Crippen LogP contribution < -0.4 is 0 Å². The summed E-state index contributed by atoms with van der Waals surface area (Å²) in [5.74, 6) is 3.78. The first-order chi connectivity index (χ1) is 30.3. The van der Waals surface area contributed by atoms with Crippen molar-refractivity contribution in [2.24, 2.45) is 40.4 Å². The van der Waals surface area contributed by atoms with Crippen molar-refractivity contribution in [1.29, 1.82) is 0 Å². The predicted molar refractivity (Wildman–Crippen MR) is 259 cm³/mol. The van der Waals surface area contributed by atoms with Crippen LogP contribution in [0.15, 0.2) is 161 Å². The Morgan fingerprint density at radius 2 is 1.61 bits per heavy atom. The number of hydrogen-bond acceptors (Lipinski definition) is 1. The first-order valence-corrected chi connectivity index (χ1v) is 24.6. The third-order valence-corrected chi connectivity index (χ3v) is 18.6. The molecule has 10 aliphatic carbocycles. The fourth-order valence-corrected chi connectivity index (χ4v) is 15.6. The first kappa shape index (κ1) is 37.7. The van der Waals surface area contributed by atoms with Gasteiger partial charge in [-0.25, -0.2) is 0 Å². The highest BCUT2D eigenvalue weighted by atomic mass is 15.2. The molecule has 0 amide bonds. The van der Waals surface area contributed by atoms with E-state index in [1.165, 1.54) is 66.8 Å². The van der Waals surface area contributed by atoms with E-state index in [2.05, 4.69) is 166 Å². The van der Waals surface area contributed by atoms with Crippen LogP contribution in [0, 0.1) is 40.4 Å². The second-order valence-corrected chi connectivity index (χ2v) is 22.0. The molecule has 1 nitrogen and oxygen atoms in total. The minimum atomic E-state index is 0.214. The van der Waals surface area contributed by atoms with Crippen LogP contribution in [0.5, 0.6) is 0 Å². The second-order valence-electron chi connectivity index (χ2n) is 22.0. The Balaban J connectivity index is 0.906. The largest absolute Gasteiger partial charge is 0.364 e. The van der Waals surface area contributed by atoms with E-state index >= 15 is 0 Å². The zero-order valence-electron chi connectivity index (χ0n) is 37.4. The molecule has 0 aromatic heterocycles. The van der Waals surface area contributed by atoms with Gasteiger partial charge in [0.25, 0.3) is 0 Å². The quantitative estimate of drug-likeness (QED) is 0.237. The summed E-state index contributed by atoms with van der Waals surface area (Å²) >= 11 is 0. The van der Waals surface area contributed by atoms with E-state index in [0.717, 1.165) is 25.2 Å². The van der Waals surface area contributed by atoms with Gasteiger partial charge in [-0.1, -0.05) is 171 Å². The van der Waals surface area contributed by atoms with Crippen molar-refractivity contribution in [1.82, 2.24) is 4.90 Å². The molecule has 0 heterocycles. The maximum Gasteiger partial charge on any atom is 0.0514 e. The van der Waals surface area contributed by atoms with Crippen molar-refractivity contribution in [2.75, 3.05) is 0 Å². The van der Waals surface area contributed by atoms with E-state index in [1.807, 2.05) is 0 Å². The van der Waals surface area contributed by atoms with Crippen LogP contribution in [-0.4, -0.2) is 17.0 Å². The number of allylic oxidation sites excluding steroid dienone is 15. The Morgan fingerprint density at radius 3 is 2.53 bits per heavy atom. The Labute approximate surface area is 370 Å². The monoisotopic (exact) mass is 809 g/mol. The fraction of sp³-hybridized carbons (Fsp3) is 0.410. The van der Waals surface area contributed by atoms with Crippen molar-refractivity contribution in [3.05, 3.63) is 189 Å². The van der Waals surface area contributed by atoms with Gasteiger partial charge in [0.1, 0.15) is 0 Å². The molecule has 62 heavy (non-hydrogen) atoms. The second kappa shape index (κ2) is 13.8. The number of hydrogen-bond donors (Lipinski definition) is 0. The van der Waals surface area contributed by atoms with Crippen LogP contribution in [0.4, 0.5) is 0 Å². The molecule has 1 fully saturated rings. The van der Waals surface area contributed by atoms with E-state index < -0.39 is 0 Å². The molecule has 0 saturated heterocycles. The molecule has 312 valence electrons. The molecule has 0 N–H and O–H groups in total. The van der Waals surface area contributed by atoms with Crippen LogP contribution >= 0.6 is 0 Å². The maximum atomic E-state index is 3.02. The Bertz CT molecular complexity index is 2760. The van der Waals surface area contributed by atoms with Gasteiger partial charge >= 0.3 is 0 Å². The van der Waals surface area contributed by atoms with Gasteiger partial charge in [-0.15, -0.1) is 0 Å². The SMILES string of the molecule is CC1(C)C2=CC(c3c4c(cc5ccccc35)C3=C(CCC(N(C5=Cc6ccccc6C6C=CC=CC56)C5C=CC6=C(C5)C(C)(C)C5CCC=CC65)C3)C4)CCC2C2=CC=CCC21. The molecule has 3 aromatic carbocycles. The number of fused-ring (bicyclic) bond motifs is 11. The van der Waals surface area contributed by atoms with Gasteiger partial charge in [0.05, 0.1) is 6.04 Å². The third-order valence-electron chi connectivity index (χ3n) is 18.6. The van der Waals surface area contributed by atoms with E-state index in [9.17, 15) is 0 Å². The highest BCUT2D eigenvalue weighted by Gasteiger charge is 2.51. The fourth-order valence-electron chi connectivity index (χ4n) is 15.6. The van der Waals surface area contributed by atoms with Gasteiger partial charge in [0.15, 0.2) is 0 Å². The Kier molecular flexibility index (Phi) is 8.39. The van der Waals surface area contributed by atoms with Gasteiger partial charge in [0, 0.05) is 41.3 Å². The molecule has 0 aliphatic heterocycles. The molecule has 9 atom stereocenters. The van der Waals surface area contributed by atoms with Crippen LogP contribution in [0.2, 0.25) is 0 Å². The van der Waals surface area contributed by atoms with Crippen LogP contribution in [0.1, 0.15) is 125 Å². The minimum Gasteiger partial charge on any atom is -0.364 e. The van der Waals surface area contributed by atoms with E-state index in [-0.39, 0.29) is 10.8 Å². The third kappa shape index (κ3) is 5.39. The molecule has 0 bridgehead atoms. The zero-order chi connectivity index (χ0) is 41.5. The number of rotatable bonds is 4. The summed E-state index contributed by atoms with van der Waals surface area (Å²) in [4.78, 5) is 3.02. The van der Waals surface area contributed by atoms with Gasteiger partial charge in [-0.2, -0.15) is 0 Å². The predicted octanol–water partition coefficient (Wildman–Crippen LogP) is 15.1. The molecule has 0 spiro atoms. The summed E-state index contributed by atoms with van der Waals surface area (Å²) in [6, 6.07) is 22.1. The highest BCUT2D eigenvalue weighted by molar-refractivity contribution is 5.94. The molecule has 1 heteroatoms. The normalized spacial score (nSPS) is 33.7. The lowest BCUT2D eigenvalue weighted by Crippen LogP contribution is -2.46. The molecule has 9 unspecified atom stereocenters.